The molecule has 0 atom stereocenters. The van der Waals surface area contributed by atoms with Gasteiger partial charge in [0, 0.05) is 22.5 Å². The summed E-state index contributed by atoms with van der Waals surface area (Å²) in [6.45, 7) is 8.40. The topological polar surface area (TPSA) is 34.2 Å². The summed E-state index contributed by atoms with van der Waals surface area (Å²) in [6.07, 6.45) is 5.89. The van der Waals surface area contributed by atoms with Crippen LogP contribution in [0.15, 0.2) is 54.7 Å². The van der Waals surface area contributed by atoms with Gasteiger partial charge in [0.25, 0.3) is 0 Å². The first kappa shape index (κ1) is 18.0. The lowest BCUT2D eigenvalue weighted by Crippen LogP contribution is -2.41. The fourth-order valence-corrected chi connectivity index (χ4v) is 4.65. The first-order chi connectivity index (χ1) is 13.3. The highest BCUT2D eigenvalue weighted by Crippen LogP contribution is 2.50. The van der Waals surface area contributed by atoms with E-state index in [4.69, 9.17) is 9.31 Å². The molecule has 144 valence electrons. The number of hydrogen-bond donors (Lipinski definition) is 1. The third-order valence-electron chi connectivity index (χ3n) is 7.30. The average Bonchev–Trinajstić information content (AvgIpc) is 3.14. The van der Waals surface area contributed by atoms with E-state index in [0.717, 1.165) is 5.46 Å². The van der Waals surface area contributed by atoms with Crippen molar-refractivity contribution in [1.29, 1.82) is 0 Å². The highest BCUT2D eigenvalue weighted by Gasteiger charge is 2.51. The normalized spacial score (nSPS) is 22.4. The molecule has 2 fully saturated rings. The van der Waals surface area contributed by atoms with Crippen molar-refractivity contribution in [3.05, 3.63) is 65.9 Å². The fourth-order valence-electron chi connectivity index (χ4n) is 4.65. The van der Waals surface area contributed by atoms with Crippen LogP contribution in [0.3, 0.4) is 0 Å². The zero-order chi connectivity index (χ0) is 19.6. The Balaban J connectivity index is 1.48. The highest BCUT2D eigenvalue weighted by atomic mass is 16.7. The molecule has 3 nitrogen and oxygen atoms in total. The van der Waals surface area contributed by atoms with Gasteiger partial charge >= 0.3 is 7.12 Å². The quantitative estimate of drug-likeness (QED) is 0.660. The molecule has 5 rings (SSSR count). The summed E-state index contributed by atoms with van der Waals surface area (Å²) in [5, 5.41) is 1.34. The third kappa shape index (κ3) is 2.51. The van der Waals surface area contributed by atoms with Crippen LogP contribution in [0.1, 0.15) is 58.1 Å². The van der Waals surface area contributed by atoms with E-state index in [-0.39, 0.29) is 23.7 Å². The standard InChI is InChI=1S/C24H28BNO2/c1-22(2)23(3,4)28-25(27-22)18-12-10-17(11-13-18)24(14-7-15-24)20-16-26-21-9-6-5-8-19(20)21/h5-6,8-13,16,26H,7,14-15H2,1-4H3. The minimum atomic E-state index is -0.310. The molecule has 2 aliphatic rings. The number of rotatable bonds is 3. The van der Waals surface area contributed by atoms with Gasteiger partial charge in [0.05, 0.1) is 11.2 Å². The van der Waals surface area contributed by atoms with E-state index in [1.807, 2.05) is 0 Å². The number of aromatic nitrogens is 1. The maximum Gasteiger partial charge on any atom is 0.494 e. The number of benzene rings is 2. The first-order valence-corrected chi connectivity index (χ1v) is 10.4. The van der Waals surface area contributed by atoms with Crippen molar-refractivity contribution in [1.82, 2.24) is 4.98 Å². The average molecular weight is 373 g/mol. The van der Waals surface area contributed by atoms with E-state index >= 15 is 0 Å². The molecule has 2 aromatic carbocycles. The number of aromatic amines is 1. The lowest BCUT2D eigenvalue weighted by molar-refractivity contribution is 0.00578. The molecule has 0 radical (unpaired) electrons. The smallest absolute Gasteiger partial charge is 0.399 e. The summed E-state index contributed by atoms with van der Waals surface area (Å²) in [7, 11) is -0.301. The van der Waals surface area contributed by atoms with Crippen LogP contribution in [0.2, 0.25) is 0 Å². The van der Waals surface area contributed by atoms with Gasteiger partial charge in [-0.15, -0.1) is 0 Å². The van der Waals surface area contributed by atoms with Gasteiger partial charge < -0.3 is 14.3 Å². The van der Waals surface area contributed by atoms with Crippen LogP contribution in [0.4, 0.5) is 0 Å². The van der Waals surface area contributed by atoms with Gasteiger partial charge in [-0.3, -0.25) is 0 Å². The SMILES string of the molecule is CC1(C)OB(c2ccc(C3(c4c[nH]c5ccccc45)CCC3)cc2)OC1(C)C. The second-order valence-corrected chi connectivity index (χ2v) is 9.39. The first-order valence-electron chi connectivity index (χ1n) is 10.4. The lowest BCUT2D eigenvalue weighted by Gasteiger charge is -2.43. The number of hydrogen-bond acceptors (Lipinski definition) is 2. The molecule has 4 heteroatoms. The van der Waals surface area contributed by atoms with E-state index in [1.54, 1.807) is 0 Å². The van der Waals surface area contributed by atoms with Crippen LogP contribution < -0.4 is 5.46 Å². The lowest BCUT2D eigenvalue weighted by atomic mass is 9.60. The summed E-state index contributed by atoms with van der Waals surface area (Å²) in [5.41, 5.74) is 4.63. The van der Waals surface area contributed by atoms with Crippen molar-refractivity contribution in [3.63, 3.8) is 0 Å². The van der Waals surface area contributed by atoms with Crippen LogP contribution >= 0.6 is 0 Å². The van der Waals surface area contributed by atoms with Crippen LogP contribution in [-0.4, -0.2) is 23.3 Å². The van der Waals surface area contributed by atoms with Gasteiger partial charge in [-0.1, -0.05) is 48.9 Å². The summed E-state index contributed by atoms with van der Waals surface area (Å²) >= 11 is 0. The maximum absolute atomic E-state index is 6.22. The second-order valence-electron chi connectivity index (χ2n) is 9.39. The van der Waals surface area contributed by atoms with Gasteiger partial charge in [0.1, 0.15) is 0 Å². The third-order valence-corrected chi connectivity index (χ3v) is 7.30. The van der Waals surface area contributed by atoms with E-state index < -0.39 is 0 Å². The minimum absolute atomic E-state index is 0.119. The predicted octanol–water partition coefficient (Wildman–Crippen LogP) is 4.94. The Kier molecular flexibility index (Phi) is 3.85. The van der Waals surface area contributed by atoms with Crippen molar-refractivity contribution < 1.29 is 9.31 Å². The highest BCUT2D eigenvalue weighted by molar-refractivity contribution is 6.62. The van der Waals surface area contributed by atoms with Gasteiger partial charge in [0.15, 0.2) is 0 Å². The molecule has 1 aliphatic carbocycles. The number of nitrogens with one attached hydrogen (secondary N) is 1. The van der Waals surface area contributed by atoms with Crippen LogP contribution in [0.25, 0.3) is 10.9 Å². The molecule has 1 aliphatic heterocycles. The molecule has 0 bridgehead atoms. The molecule has 1 aromatic heterocycles. The minimum Gasteiger partial charge on any atom is -0.399 e. The molecular weight excluding hydrogens is 345 g/mol. The predicted molar refractivity (Wildman–Crippen MR) is 115 cm³/mol. The van der Waals surface area contributed by atoms with Crippen LogP contribution in [0.5, 0.6) is 0 Å². The molecule has 28 heavy (non-hydrogen) atoms. The summed E-state index contributed by atoms with van der Waals surface area (Å²) in [5.74, 6) is 0. The molecule has 0 amide bonds. The molecule has 3 aromatic rings. The fraction of sp³-hybridized carbons (Fsp3) is 0.417. The Morgan fingerprint density at radius 1 is 0.857 bits per heavy atom. The molecular formula is C24H28BNO2. The Labute approximate surface area is 167 Å². The molecule has 0 unspecified atom stereocenters. The van der Waals surface area contributed by atoms with E-state index in [9.17, 15) is 0 Å². The second kappa shape index (κ2) is 5.98. The van der Waals surface area contributed by atoms with Crippen molar-refractivity contribution in [2.45, 2.75) is 63.6 Å². The van der Waals surface area contributed by atoms with Gasteiger partial charge in [-0.05, 0) is 63.2 Å². The van der Waals surface area contributed by atoms with E-state index in [2.05, 4.69) is 87.4 Å². The van der Waals surface area contributed by atoms with Gasteiger partial charge in [0.2, 0.25) is 0 Å². The van der Waals surface area contributed by atoms with Crippen molar-refractivity contribution in [2.75, 3.05) is 0 Å². The van der Waals surface area contributed by atoms with Gasteiger partial charge in [-0.25, -0.2) is 0 Å². The monoisotopic (exact) mass is 373 g/mol. The van der Waals surface area contributed by atoms with Crippen molar-refractivity contribution >= 4 is 23.5 Å². The molecule has 1 saturated carbocycles. The summed E-state index contributed by atoms with van der Waals surface area (Å²) < 4.78 is 12.4. The van der Waals surface area contributed by atoms with Crippen LogP contribution in [-0.2, 0) is 14.7 Å². The maximum atomic E-state index is 6.22. The zero-order valence-electron chi connectivity index (χ0n) is 17.2. The van der Waals surface area contributed by atoms with Crippen molar-refractivity contribution in [2.24, 2.45) is 0 Å². The molecule has 2 heterocycles. The Morgan fingerprint density at radius 2 is 1.50 bits per heavy atom. The van der Waals surface area contributed by atoms with Gasteiger partial charge in [-0.2, -0.15) is 0 Å². The number of fused-ring (bicyclic) bond motifs is 1. The summed E-state index contributed by atoms with van der Waals surface area (Å²) in [4.78, 5) is 3.47. The number of H-pyrrole nitrogens is 1. The molecule has 1 saturated heterocycles. The molecule has 0 spiro atoms. The van der Waals surface area contributed by atoms with Crippen molar-refractivity contribution in [3.8, 4) is 0 Å². The summed E-state index contributed by atoms with van der Waals surface area (Å²) in [6, 6.07) is 17.6. The van der Waals surface area contributed by atoms with E-state index in [1.165, 1.54) is 41.3 Å². The molecule has 1 N–H and O–H groups in total. The van der Waals surface area contributed by atoms with Crippen LogP contribution in [0, 0.1) is 0 Å². The Hall–Kier alpha value is -2.04. The Morgan fingerprint density at radius 3 is 2.11 bits per heavy atom. The largest absolute Gasteiger partial charge is 0.494 e. The van der Waals surface area contributed by atoms with E-state index in [0.29, 0.717) is 0 Å². The Bertz CT molecular complexity index is 999. The number of para-hydroxylation sites is 1. The zero-order valence-corrected chi connectivity index (χ0v) is 17.2.